The smallest absolute Gasteiger partial charge is 0.367 e. The number of aryl methyl sites for hydroxylation is 1. The fourth-order valence-electron chi connectivity index (χ4n) is 1.72. The Labute approximate surface area is 155 Å². The van der Waals surface area contributed by atoms with Gasteiger partial charge in [-0.25, -0.2) is 9.97 Å². The lowest BCUT2D eigenvalue weighted by atomic mass is 10.1. The summed E-state index contributed by atoms with van der Waals surface area (Å²) in [7, 11) is 0. The molecule has 0 radical (unpaired) electrons. The van der Waals surface area contributed by atoms with E-state index >= 15 is 0 Å². The van der Waals surface area contributed by atoms with Crippen molar-refractivity contribution in [3.8, 4) is 0 Å². The molecule has 0 amide bonds. The van der Waals surface area contributed by atoms with Gasteiger partial charge in [0.05, 0.1) is 12.1 Å². The van der Waals surface area contributed by atoms with E-state index in [9.17, 15) is 13.2 Å². The molecule has 0 aliphatic rings. The second-order valence-electron chi connectivity index (χ2n) is 5.59. The number of rotatable bonds is 10. The van der Waals surface area contributed by atoms with E-state index in [2.05, 4.69) is 34.1 Å². The first kappa shape index (κ1) is 22.1. The van der Waals surface area contributed by atoms with Gasteiger partial charge >= 0.3 is 6.18 Å². The Morgan fingerprint density at radius 3 is 2.60 bits per heavy atom. The van der Waals surface area contributed by atoms with E-state index in [1.807, 2.05) is 12.5 Å². The van der Waals surface area contributed by atoms with Crippen LogP contribution in [0.5, 0.6) is 0 Å². The lowest BCUT2D eigenvalue weighted by Gasteiger charge is -2.12. The van der Waals surface area contributed by atoms with Gasteiger partial charge in [-0.15, -0.1) is 0 Å². The topological polar surface area (TPSA) is 50.2 Å². The van der Waals surface area contributed by atoms with Crippen LogP contribution in [-0.2, 0) is 0 Å². The fraction of sp³-hybridized carbons (Fsp3) is 0.688. The minimum absolute atomic E-state index is 0.0946. The molecule has 25 heavy (non-hydrogen) atoms. The molecule has 0 bridgehead atoms. The Hall–Kier alpha value is -0.960. The maximum absolute atomic E-state index is 12.3. The molecule has 1 heterocycles. The SMILES string of the molecule is CCC(C)C=Nc1c(C)nc(SCCC(F)(F)F)nc1NCCSC. The highest BCUT2D eigenvalue weighted by molar-refractivity contribution is 7.99. The van der Waals surface area contributed by atoms with Gasteiger partial charge in [0, 0.05) is 24.3 Å². The third-order valence-electron chi connectivity index (χ3n) is 3.36. The summed E-state index contributed by atoms with van der Waals surface area (Å²) in [4.78, 5) is 13.2. The van der Waals surface area contributed by atoms with Crippen molar-refractivity contribution in [3.05, 3.63) is 5.69 Å². The number of alkyl halides is 3. The van der Waals surface area contributed by atoms with E-state index in [1.165, 1.54) is 0 Å². The Bertz CT molecular complexity index is 565. The maximum Gasteiger partial charge on any atom is 0.389 e. The summed E-state index contributed by atoms with van der Waals surface area (Å²) in [5.74, 6) is 1.71. The normalized spacial score (nSPS) is 13.4. The summed E-state index contributed by atoms with van der Waals surface area (Å²) in [5, 5.41) is 3.57. The Balaban J connectivity index is 2.96. The number of hydrogen-bond acceptors (Lipinski definition) is 6. The summed E-state index contributed by atoms with van der Waals surface area (Å²) in [6.45, 7) is 6.66. The minimum atomic E-state index is -4.16. The van der Waals surface area contributed by atoms with Crippen LogP contribution in [0.25, 0.3) is 0 Å². The van der Waals surface area contributed by atoms with Crippen LogP contribution >= 0.6 is 23.5 Å². The van der Waals surface area contributed by atoms with Gasteiger partial charge in [-0.2, -0.15) is 24.9 Å². The Morgan fingerprint density at radius 1 is 1.28 bits per heavy atom. The van der Waals surface area contributed by atoms with Crippen molar-refractivity contribution < 1.29 is 13.2 Å². The molecule has 142 valence electrons. The van der Waals surface area contributed by atoms with Crippen molar-refractivity contribution in [2.75, 3.05) is 29.6 Å². The highest BCUT2D eigenvalue weighted by Gasteiger charge is 2.26. The minimum Gasteiger partial charge on any atom is -0.367 e. The first-order chi connectivity index (χ1) is 11.8. The highest BCUT2D eigenvalue weighted by Crippen LogP contribution is 2.30. The van der Waals surface area contributed by atoms with Gasteiger partial charge in [-0.1, -0.05) is 25.6 Å². The van der Waals surface area contributed by atoms with Crippen LogP contribution in [0.15, 0.2) is 10.1 Å². The Kier molecular flexibility index (Phi) is 9.63. The van der Waals surface area contributed by atoms with Gasteiger partial charge in [-0.3, -0.25) is 4.99 Å². The van der Waals surface area contributed by atoms with Gasteiger partial charge in [0.2, 0.25) is 0 Å². The number of aromatic nitrogens is 2. The van der Waals surface area contributed by atoms with Gasteiger partial charge < -0.3 is 5.32 Å². The standard InChI is InChI=1S/C16H25F3N4S2/c1-5-11(2)10-21-13-12(3)22-15(25-8-6-16(17,18)19)23-14(13)20-7-9-24-4/h10-11H,5-9H2,1-4H3,(H,20,22,23). The van der Waals surface area contributed by atoms with Gasteiger partial charge in [-0.05, 0) is 25.5 Å². The molecule has 0 aliphatic heterocycles. The quantitative estimate of drug-likeness (QED) is 0.251. The molecule has 1 N–H and O–H groups in total. The van der Waals surface area contributed by atoms with Crippen LogP contribution in [0.4, 0.5) is 24.7 Å². The summed E-state index contributed by atoms with van der Waals surface area (Å²) in [5.41, 5.74) is 1.32. The molecular formula is C16H25F3N4S2. The molecule has 1 aromatic rings. The number of hydrogen-bond donors (Lipinski definition) is 1. The lowest BCUT2D eigenvalue weighted by Crippen LogP contribution is -2.10. The summed E-state index contributed by atoms with van der Waals surface area (Å²) >= 11 is 2.71. The van der Waals surface area contributed by atoms with Gasteiger partial charge in [0.15, 0.2) is 11.0 Å². The first-order valence-corrected chi connectivity index (χ1v) is 10.5. The molecule has 1 atom stereocenters. The van der Waals surface area contributed by atoms with E-state index in [0.717, 1.165) is 23.9 Å². The van der Waals surface area contributed by atoms with Crippen LogP contribution < -0.4 is 5.32 Å². The summed E-state index contributed by atoms with van der Waals surface area (Å²) < 4.78 is 36.9. The van der Waals surface area contributed by atoms with E-state index in [4.69, 9.17) is 0 Å². The molecule has 0 fully saturated rings. The number of anilines is 1. The second-order valence-corrected chi connectivity index (χ2v) is 7.63. The maximum atomic E-state index is 12.3. The largest absolute Gasteiger partial charge is 0.389 e. The van der Waals surface area contributed by atoms with Crippen LogP contribution in [0, 0.1) is 12.8 Å². The molecule has 0 saturated carbocycles. The molecule has 0 saturated heterocycles. The predicted molar refractivity (Wildman–Crippen MR) is 103 cm³/mol. The number of nitrogens with zero attached hydrogens (tertiary/aromatic N) is 3. The van der Waals surface area contributed by atoms with Gasteiger partial charge in [0.25, 0.3) is 0 Å². The first-order valence-electron chi connectivity index (χ1n) is 8.12. The zero-order valence-electron chi connectivity index (χ0n) is 15.0. The average Bonchev–Trinajstić information content (AvgIpc) is 2.52. The van der Waals surface area contributed by atoms with E-state index < -0.39 is 12.6 Å². The molecule has 9 heteroatoms. The van der Waals surface area contributed by atoms with Crippen molar-refractivity contribution in [2.45, 2.75) is 44.9 Å². The molecule has 1 rings (SSSR count). The third kappa shape index (κ3) is 8.80. The van der Waals surface area contributed by atoms with E-state index in [1.54, 1.807) is 18.7 Å². The molecule has 4 nitrogen and oxygen atoms in total. The van der Waals surface area contributed by atoms with Crippen molar-refractivity contribution in [1.82, 2.24) is 9.97 Å². The number of nitrogens with one attached hydrogen (secondary N) is 1. The summed E-state index contributed by atoms with van der Waals surface area (Å²) in [6, 6.07) is 0. The predicted octanol–water partition coefficient (Wildman–Crippen LogP) is 5.35. The zero-order chi connectivity index (χ0) is 18.9. The number of aliphatic imine (C=N–C) groups is 1. The molecule has 1 aromatic heterocycles. The van der Waals surface area contributed by atoms with E-state index in [0.29, 0.717) is 34.8 Å². The summed E-state index contributed by atoms with van der Waals surface area (Å²) in [6.07, 6.45) is -0.176. The fourth-order valence-corrected chi connectivity index (χ4v) is 2.90. The van der Waals surface area contributed by atoms with Crippen LogP contribution in [-0.4, -0.2) is 46.7 Å². The number of halogens is 3. The second kappa shape index (κ2) is 10.9. The van der Waals surface area contributed by atoms with Crippen molar-refractivity contribution in [3.63, 3.8) is 0 Å². The monoisotopic (exact) mass is 394 g/mol. The van der Waals surface area contributed by atoms with E-state index in [-0.39, 0.29) is 5.75 Å². The van der Waals surface area contributed by atoms with Crippen molar-refractivity contribution in [1.29, 1.82) is 0 Å². The van der Waals surface area contributed by atoms with Crippen LogP contribution in [0.2, 0.25) is 0 Å². The van der Waals surface area contributed by atoms with Crippen molar-refractivity contribution >= 4 is 41.2 Å². The lowest BCUT2D eigenvalue weighted by molar-refractivity contribution is -0.129. The van der Waals surface area contributed by atoms with Crippen LogP contribution in [0.1, 0.15) is 32.4 Å². The van der Waals surface area contributed by atoms with Gasteiger partial charge in [0.1, 0.15) is 5.69 Å². The molecular weight excluding hydrogens is 369 g/mol. The molecule has 0 spiro atoms. The highest BCUT2D eigenvalue weighted by atomic mass is 32.2. The molecule has 1 unspecified atom stereocenters. The zero-order valence-corrected chi connectivity index (χ0v) is 16.6. The number of thioether (sulfide) groups is 2. The van der Waals surface area contributed by atoms with Crippen molar-refractivity contribution in [2.24, 2.45) is 10.9 Å². The average molecular weight is 395 g/mol. The Morgan fingerprint density at radius 2 is 2.00 bits per heavy atom. The molecule has 0 aromatic carbocycles. The van der Waals surface area contributed by atoms with Crippen LogP contribution in [0.3, 0.4) is 0 Å². The third-order valence-corrected chi connectivity index (χ3v) is 4.82. The molecule has 0 aliphatic carbocycles.